The van der Waals surface area contributed by atoms with E-state index in [0.29, 0.717) is 6.54 Å². The van der Waals surface area contributed by atoms with Crippen LogP contribution in [0.3, 0.4) is 0 Å². The number of amides is 1. The molecule has 2 aromatic rings. The molecule has 6 nitrogen and oxygen atoms in total. The predicted molar refractivity (Wildman–Crippen MR) is 99.1 cm³/mol. The van der Waals surface area contributed by atoms with Crippen LogP contribution in [0.5, 0.6) is 0 Å². The molecule has 2 N–H and O–H groups in total. The summed E-state index contributed by atoms with van der Waals surface area (Å²) in [5.74, 6) is 0. The van der Waals surface area contributed by atoms with Crippen LogP contribution < -0.4 is 5.48 Å². The molecule has 1 amide bonds. The second-order valence-electron chi connectivity index (χ2n) is 7.20. The third-order valence-corrected chi connectivity index (χ3v) is 4.03. The van der Waals surface area contributed by atoms with Crippen molar-refractivity contribution in [1.82, 2.24) is 9.88 Å². The predicted octanol–water partition coefficient (Wildman–Crippen LogP) is 4.51. The van der Waals surface area contributed by atoms with Gasteiger partial charge in [-0.3, -0.25) is 15.2 Å². The fraction of sp³-hybridized carbons (Fsp3) is 0.421. The fourth-order valence-corrected chi connectivity index (χ4v) is 2.99. The van der Waals surface area contributed by atoms with Gasteiger partial charge in [-0.05, 0) is 57.4 Å². The Hall–Kier alpha value is -2.47. The third-order valence-electron chi connectivity index (χ3n) is 4.03. The summed E-state index contributed by atoms with van der Waals surface area (Å²) in [6, 6.07) is 6.00. The molecule has 0 unspecified atom stereocenters. The van der Waals surface area contributed by atoms with E-state index in [1.165, 1.54) is 0 Å². The number of anilines is 1. The Morgan fingerprint density at radius 3 is 2.84 bits per heavy atom. The van der Waals surface area contributed by atoms with Gasteiger partial charge in [-0.1, -0.05) is 0 Å². The molecular weight excluding hydrogens is 318 g/mol. The van der Waals surface area contributed by atoms with Crippen LogP contribution in [0.15, 0.2) is 30.6 Å². The summed E-state index contributed by atoms with van der Waals surface area (Å²) < 4.78 is 5.49. The van der Waals surface area contributed by atoms with Gasteiger partial charge in [-0.2, -0.15) is 0 Å². The lowest BCUT2D eigenvalue weighted by atomic mass is 9.98. The quantitative estimate of drug-likeness (QED) is 0.805. The summed E-state index contributed by atoms with van der Waals surface area (Å²) in [6.45, 7) is 6.31. The van der Waals surface area contributed by atoms with E-state index < -0.39 is 5.60 Å². The van der Waals surface area contributed by atoms with Crippen LogP contribution in [-0.4, -0.2) is 35.2 Å². The fourth-order valence-electron chi connectivity index (χ4n) is 2.99. The first-order valence-corrected chi connectivity index (χ1v) is 8.48. The van der Waals surface area contributed by atoms with E-state index in [0.717, 1.165) is 40.6 Å². The topological polar surface area (TPSA) is 66.6 Å². The van der Waals surface area contributed by atoms with Crippen molar-refractivity contribution in [2.75, 3.05) is 19.1 Å². The molecule has 1 aliphatic rings. The van der Waals surface area contributed by atoms with Crippen molar-refractivity contribution in [1.29, 1.82) is 0 Å². The molecule has 25 heavy (non-hydrogen) atoms. The van der Waals surface area contributed by atoms with Crippen LogP contribution in [0, 0.1) is 0 Å². The van der Waals surface area contributed by atoms with Gasteiger partial charge in [0.15, 0.2) is 0 Å². The van der Waals surface area contributed by atoms with Crippen molar-refractivity contribution >= 4 is 28.3 Å². The minimum absolute atomic E-state index is 0.300. The van der Waals surface area contributed by atoms with Gasteiger partial charge in [0.05, 0.1) is 12.8 Å². The number of fused-ring (bicyclic) bond motifs is 1. The van der Waals surface area contributed by atoms with Gasteiger partial charge in [-0.25, -0.2) is 4.79 Å². The van der Waals surface area contributed by atoms with Crippen molar-refractivity contribution in [3.8, 4) is 0 Å². The van der Waals surface area contributed by atoms with E-state index in [-0.39, 0.29) is 6.09 Å². The largest absolute Gasteiger partial charge is 0.443 e. The first-order valence-electron chi connectivity index (χ1n) is 8.48. The number of nitrogens with one attached hydrogen (secondary N) is 2. The summed E-state index contributed by atoms with van der Waals surface area (Å²) in [6.07, 6.45) is 5.44. The van der Waals surface area contributed by atoms with Gasteiger partial charge in [0.1, 0.15) is 5.60 Å². The van der Waals surface area contributed by atoms with Gasteiger partial charge in [0.25, 0.3) is 0 Å². The number of ether oxygens (including phenoxy) is 1. The normalized spacial score (nSPS) is 15.2. The summed E-state index contributed by atoms with van der Waals surface area (Å²) >= 11 is 0. The number of allylic oxidation sites excluding steroid dienone is 1. The van der Waals surface area contributed by atoms with E-state index in [2.05, 4.69) is 10.5 Å². The number of aromatic nitrogens is 1. The van der Waals surface area contributed by atoms with Crippen LogP contribution in [0.4, 0.5) is 10.5 Å². The molecule has 134 valence electrons. The number of carbonyl (C=O) groups is 1. The van der Waals surface area contributed by atoms with Crippen molar-refractivity contribution < 1.29 is 14.4 Å². The molecule has 6 heteroatoms. The van der Waals surface area contributed by atoms with Crippen LogP contribution >= 0.6 is 0 Å². The Bertz CT molecular complexity index is 802. The highest BCUT2D eigenvalue weighted by molar-refractivity contribution is 5.95. The molecular formula is C19H25N3O3. The highest BCUT2D eigenvalue weighted by Gasteiger charge is 2.24. The van der Waals surface area contributed by atoms with Crippen LogP contribution in [0.1, 0.15) is 39.2 Å². The minimum atomic E-state index is -0.496. The number of rotatable bonds is 3. The first-order chi connectivity index (χ1) is 11.9. The zero-order valence-corrected chi connectivity index (χ0v) is 15.2. The van der Waals surface area contributed by atoms with Gasteiger partial charge < -0.3 is 9.72 Å². The second-order valence-corrected chi connectivity index (χ2v) is 7.20. The molecule has 0 bridgehead atoms. The van der Waals surface area contributed by atoms with Crippen molar-refractivity contribution in [3.63, 3.8) is 0 Å². The molecule has 3 rings (SSSR count). The molecule has 0 aliphatic carbocycles. The summed E-state index contributed by atoms with van der Waals surface area (Å²) in [5.41, 5.74) is 6.52. The van der Waals surface area contributed by atoms with Crippen molar-refractivity contribution in [2.45, 2.75) is 39.2 Å². The average molecular weight is 343 g/mol. The maximum absolute atomic E-state index is 12.4. The van der Waals surface area contributed by atoms with Crippen molar-refractivity contribution in [3.05, 3.63) is 36.2 Å². The van der Waals surface area contributed by atoms with E-state index in [1.807, 2.05) is 51.4 Å². The minimum Gasteiger partial charge on any atom is -0.443 e. The SMILES string of the molecule is CONc1ccc2[nH]cc(C3=CN(C(=O)OC(C)(C)C)CCC3)c2c1. The standard InChI is InChI=1S/C19H25N3O3/c1-19(2,3)25-18(23)22-9-5-6-13(12-22)16-11-20-17-8-7-14(21-24-4)10-15(16)17/h7-8,10-12,20-21H,5-6,9H2,1-4H3. The molecule has 2 heterocycles. The summed E-state index contributed by atoms with van der Waals surface area (Å²) in [5, 5.41) is 1.10. The van der Waals surface area contributed by atoms with Gasteiger partial charge in [0, 0.05) is 35.4 Å². The van der Waals surface area contributed by atoms with Gasteiger partial charge in [-0.15, -0.1) is 0 Å². The molecule has 0 spiro atoms. The number of H-pyrrole nitrogens is 1. The van der Waals surface area contributed by atoms with E-state index >= 15 is 0 Å². The monoisotopic (exact) mass is 343 g/mol. The summed E-state index contributed by atoms with van der Waals surface area (Å²) in [7, 11) is 1.59. The smallest absolute Gasteiger partial charge is 0.414 e. The molecule has 1 aromatic carbocycles. The molecule has 0 radical (unpaired) electrons. The van der Waals surface area contributed by atoms with Crippen LogP contribution in [-0.2, 0) is 9.57 Å². The van der Waals surface area contributed by atoms with Gasteiger partial charge in [0.2, 0.25) is 0 Å². The molecule has 0 fully saturated rings. The van der Waals surface area contributed by atoms with E-state index in [4.69, 9.17) is 9.57 Å². The Morgan fingerprint density at radius 2 is 2.12 bits per heavy atom. The Labute approximate surface area is 147 Å². The number of hydrogen-bond acceptors (Lipinski definition) is 4. The lowest BCUT2D eigenvalue weighted by Crippen LogP contribution is -2.35. The molecule has 1 aliphatic heterocycles. The Morgan fingerprint density at radius 1 is 1.32 bits per heavy atom. The molecule has 0 saturated heterocycles. The zero-order chi connectivity index (χ0) is 18.0. The lowest BCUT2D eigenvalue weighted by molar-refractivity contribution is 0.0329. The van der Waals surface area contributed by atoms with E-state index in [9.17, 15) is 4.79 Å². The lowest BCUT2D eigenvalue weighted by Gasteiger charge is -2.28. The number of aromatic amines is 1. The Balaban J connectivity index is 1.91. The molecule has 0 saturated carbocycles. The average Bonchev–Trinajstić information content (AvgIpc) is 2.97. The van der Waals surface area contributed by atoms with Crippen LogP contribution in [0.2, 0.25) is 0 Å². The highest BCUT2D eigenvalue weighted by atomic mass is 16.6. The second kappa shape index (κ2) is 6.80. The number of nitrogens with zero attached hydrogens (tertiary/aromatic N) is 1. The first kappa shape index (κ1) is 17.4. The maximum Gasteiger partial charge on any atom is 0.414 e. The zero-order valence-electron chi connectivity index (χ0n) is 15.2. The maximum atomic E-state index is 12.4. The third kappa shape index (κ3) is 3.96. The number of carbonyl (C=O) groups excluding carboxylic acids is 1. The van der Waals surface area contributed by atoms with E-state index in [1.54, 1.807) is 12.0 Å². The number of benzene rings is 1. The Kier molecular flexibility index (Phi) is 4.72. The summed E-state index contributed by atoms with van der Waals surface area (Å²) in [4.78, 5) is 22.3. The highest BCUT2D eigenvalue weighted by Crippen LogP contribution is 2.32. The molecule has 0 atom stereocenters. The van der Waals surface area contributed by atoms with Crippen molar-refractivity contribution in [2.24, 2.45) is 0 Å². The van der Waals surface area contributed by atoms with Gasteiger partial charge >= 0.3 is 6.09 Å². The number of hydrogen-bond donors (Lipinski definition) is 2. The van der Waals surface area contributed by atoms with Crippen LogP contribution in [0.25, 0.3) is 16.5 Å². The molecule has 1 aromatic heterocycles.